The molecule has 0 aliphatic rings. The Morgan fingerprint density at radius 3 is 2.12 bits per heavy atom. The Balaban J connectivity index is 3.81. The molecule has 0 aliphatic heterocycles. The van der Waals surface area contributed by atoms with Crippen molar-refractivity contribution in [2.45, 2.75) is 53.9 Å². The lowest BCUT2D eigenvalue weighted by molar-refractivity contribution is -0.122. The van der Waals surface area contributed by atoms with Crippen molar-refractivity contribution in [1.82, 2.24) is 5.32 Å². The molecule has 0 saturated carbocycles. The monoisotopic (exact) mass is 229 g/mol. The Morgan fingerprint density at radius 1 is 1.12 bits per heavy atom. The van der Waals surface area contributed by atoms with Gasteiger partial charge in [0.15, 0.2) is 0 Å². The highest BCUT2D eigenvalue weighted by Crippen LogP contribution is 2.21. The summed E-state index contributed by atoms with van der Waals surface area (Å²) in [5.74, 6) is 0.112. The fourth-order valence-electron chi connectivity index (χ4n) is 1.31. The summed E-state index contributed by atoms with van der Waals surface area (Å²) in [6.45, 7) is 11.3. The number of hydrogen-bond donors (Lipinski definition) is 2. The molecule has 16 heavy (non-hydrogen) atoms. The summed E-state index contributed by atoms with van der Waals surface area (Å²) >= 11 is 0. The Hall–Kier alpha value is -0.570. The maximum atomic E-state index is 11.6. The summed E-state index contributed by atoms with van der Waals surface area (Å²) in [6, 6.07) is 0. The van der Waals surface area contributed by atoms with E-state index in [0.29, 0.717) is 19.4 Å². The largest absolute Gasteiger partial charge is 0.396 e. The topological polar surface area (TPSA) is 49.3 Å². The van der Waals surface area contributed by atoms with Crippen LogP contribution in [0.15, 0.2) is 0 Å². The van der Waals surface area contributed by atoms with Gasteiger partial charge < -0.3 is 10.4 Å². The van der Waals surface area contributed by atoms with Gasteiger partial charge in [-0.15, -0.1) is 0 Å². The molecule has 0 aromatic rings. The molecule has 0 unspecified atom stereocenters. The highest BCUT2D eigenvalue weighted by molar-refractivity contribution is 5.75. The van der Waals surface area contributed by atoms with Gasteiger partial charge in [-0.3, -0.25) is 4.79 Å². The second-order valence-corrected chi connectivity index (χ2v) is 6.48. The zero-order valence-electron chi connectivity index (χ0n) is 11.4. The summed E-state index contributed by atoms with van der Waals surface area (Å²) in [7, 11) is 0. The Kier molecular flexibility index (Phi) is 6.01. The van der Waals surface area contributed by atoms with Crippen LogP contribution in [0.5, 0.6) is 0 Å². The predicted molar refractivity (Wildman–Crippen MR) is 67.2 cm³/mol. The number of rotatable bonds is 6. The SMILES string of the molecule is CC(C)(C)CCC(=O)NCC(C)(C)CCO. The number of aliphatic hydroxyl groups excluding tert-OH is 1. The minimum absolute atomic E-state index is 0.0217. The van der Waals surface area contributed by atoms with Crippen LogP contribution in [0.2, 0.25) is 0 Å². The molecule has 3 heteroatoms. The minimum atomic E-state index is -0.0217. The molecule has 0 bridgehead atoms. The number of aliphatic hydroxyl groups is 1. The van der Waals surface area contributed by atoms with Gasteiger partial charge in [0, 0.05) is 19.6 Å². The lowest BCUT2D eigenvalue weighted by Crippen LogP contribution is -2.34. The third-order valence-corrected chi connectivity index (χ3v) is 2.65. The van der Waals surface area contributed by atoms with Crippen LogP contribution in [0.4, 0.5) is 0 Å². The van der Waals surface area contributed by atoms with Gasteiger partial charge in [0.25, 0.3) is 0 Å². The van der Waals surface area contributed by atoms with Crippen molar-refractivity contribution in [1.29, 1.82) is 0 Å². The van der Waals surface area contributed by atoms with E-state index in [1.807, 2.05) is 13.8 Å². The van der Waals surface area contributed by atoms with Crippen molar-refractivity contribution in [3.63, 3.8) is 0 Å². The first kappa shape index (κ1) is 15.4. The quantitative estimate of drug-likeness (QED) is 0.734. The summed E-state index contributed by atoms with van der Waals surface area (Å²) in [5, 5.41) is 11.8. The van der Waals surface area contributed by atoms with E-state index in [1.54, 1.807) is 0 Å². The third-order valence-electron chi connectivity index (χ3n) is 2.65. The Labute approximate surface area is 99.6 Å². The third kappa shape index (κ3) is 8.72. The van der Waals surface area contributed by atoms with Crippen molar-refractivity contribution < 1.29 is 9.90 Å². The fourth-order valence-corrected chi connectivity index (χ4v) is 1.31. The van der Waals surface area contributed by atoms with Crippen LogP contribution in [0.1, 0.15) is 53.9 Å². The van der Waals surface area contributed by atoms with Crippen molar-refractivity contribution in [2.24, 2.45) is 10.8 Å². The van der Waals surface area contributed by atoms with E-state index < -0.39 is 0 Å². The zero-order chi connectivity index (χ0) is 12.8. The molecule has 0 heterocycles. The van der Waals surface area contributed by atoms with Gasteiger partial charge in [0.2, 0.25) is 5.91 Å². The molecule has 0 fully saturated rings. The molecule has 96 valence electrons. The molecule has 0 atom stereocenters. The van der Waals surface area contributed by atoms with Crippen LogP contribution in [-0.4, -0.2) is 24.2 Å². The second kappa shape index (κ2) is 6.24. The summed E-state index contributed by atoms with van der Waals surface area (Å²) in [5.41, 5.74) is 0.185. The number of amides is 1. The van der Waals surface area contributed by atoms with Crippen LogP contribution in [0, 0.1) is 10.8 Å². The summed E-state index contributed by atoms with van der Waals surface area (Å²) in [4.78, 5) is 11.6. The molecule has 2 N–H and O–H groups in total. The first-order chi connectivity index (χ1) is 7.16. The first-order valence-electron chi connectivity index (χ1n) is 6.04. The van der Waals surface area contributed by atoms with Crippen LogP contribution in [-0.2, 0) is 4.79 Å². The van der Waals surface area contributed by atoms with E-state index >= 15 is 0 Å². The van der Waals surface area contributed by atoms with E-state index in [-0.39, 0.29) is 23.3 Å². The average molecular weight is 229 g/mol. The van der Waals surface area contributed by atoms with Gasteiger partial charge in [0.05, 0.1) is 0 Å². The number of carbonyl (C=O) groups excluding carboxylic acids is 1. The van der Waals surface area contributed by atoms with Gasteiger partial charge in [-0.2, -0.15) is 0 Å². The van der Waals surface area contributed by atoms with Crippen molar-refractivity contribution >= 4 is 5.91 Å². The van der Waals surface area contributed by atoms with Crippen LogP contribution < -0.4 is 5.32 Å². The molecule has 0 saturated heterocycles. The van der Waals surface area contributed by atoms with Crippen LogP contribution in [0.25, 0.3) is 0 Å². The van der Waals surface area contributed by atoms with Gasteiger partial charge in [-0.1, -0.05) is 34.6 Å². The van der Waals surface area contributed by atoms with E-state index in [1.165, 1.54) is 0 Å². The molecule has 0 aromatic carbocycles. The summed E-state index contributed by atoms with van der Waals surface area (Å²) in [6.07, 6.45) is 2.20. The highest BCUT2D eigenvalue weighted by atomic mass is 16.3. The van der Waals surface area contributed by atoms with E-state index in [0.717, 1.165) is 6.42 Å². The first-order valence-corrected chi connectivity index (χ1v) is 6.04. The van der Waals surface area contributed by atoms with Gasteiger partial charge in [-0.05, 0) is 23.7 Å². The van der Waals surface area contributed by atoms with E-state index in [2.05, 4.69) is 26.1 Å². The smallest absolute Gasteiger partial charge is 0.220 e. The molecular weight excluding hydrogens is 202 g/mol. The Bertz CT molecular complexity index is 216. The number of nitrogens with one attached hydrogen (secondary N) is 1. The van der Waals surface area contributed by atoms with Crippen molar-refractivity contribution in [3.8, 4) is 0 Å². The lowest BCUT2D eigenvalue weighted by atomic mass is 9.89. The number of carbonyl (C=O) groups is 1. The highest BCUT2D eigenvalue weighted by Gasteiger charge is 2.19. The zero-order valence-corrected chi connectivity index (χ0v) is 11.4. The maximum absolute atomic E-state index is 11.6. The summed E-state index contributed by atoms with van der Waals surface area (Å²) < 4.78 is 0. The van der Waals surface area contributed by atoms with Crippen molar-refractivity contribution in [2.75, 3.05) is 13.2 Å². The lowest BCUT2D eigenvalue weighted by Gasteiger charge is -2.24. The molecule has 3 nitrogen and oxygen atoms in total. The van der Waals surface area contributed by atoms with Gasteiger partial charge in [0.1, 0.15) is 0 Å². The molecule has 0 aliphatic carbocycles. The van der Waals surface area contributed by atoms with Gasteiger partial charge in [-0.25, -0.2) is 0 Å². The molecule has 0 rings (SSSR count). The Morgan fingerprint density at radius 2 is 1.69 bits per heavy atom. The van der Waals surface area contributed by atoms with Crippen molar-refractivity contribution in [3.05, 3.63) is 0 Å². The fraction of sp³-hybridized carbons (Fsp3) is 0.923. The standard InChI is InChI=1S/C13H27NO2/c1-12(2,3)7-6-11(16)14-10-13(4,5)8-9-15/h15H,6-10H2,1-5H3,(H,14,16). The minimum Gasteiger partial charge on any atom is -0.396 e. The van der Waals surface area contributed by atoms with Gasteiger partial charge >= 0.3 is 0 Å². The maximum Gasteiger partial charge on any atom is 0.220 e. The van der Waals surface area contributed by atoms with E-state index in [9.17, 15) is 4.79 Å². The molecule has 0 aromatic heterocycles. The number of hydrogen-bond acceptors (Lipinski definition) is 2. The normalized spacial score (nSPS) is 12.6. The van der Waals surface area contributed by atoms with Crippen LogP contribution >= 0.6 is 0 Å². The molecule has 0 spiro atoms. The average Bonchev–Trinajstić information content (AvgIpc) is 2.10. The molecule has 1 amide bonds. The second-order valence-electron chi connectivity index (χ2n) is 6.48. The van der Waals surface area contributed by atoms with Crippen LogP contribution in [0.3, 0.4) is 0 Å². The molecular formula is C13H27NO2. The van der Waals surface area contributed by atoms with E-state index in [4.69, 9.17) is 5.11 Å². The predicted octanol–water partition coefficient (Wildman–Crippen LogP) is 2.34. The molecule has 0 radical (unpaired) electrons.